The lowest BCUT2D eigenvalue weighted by Gasteiger charge is -2.34. The number of alkyl halides is 1. The molecule has 1 heterocycles. The first-order chi connectivity index (χ1) is 8.40. The summed E-state index contributed by atoms with van der Waals surface area (Å²) in [4.78, 5) is 10.8. The third kappa shape index (κ3) is 3.73. The number of nitrogens with zero attached hydrogens (tertiary/aromatic N) is 3. The molecule has 1 aromatic rings. The van der Waals surface area contributed by atoms with Crippen molar-refractivity contribution in [2.45, 2.75) is 39.7 Å². The molecule has 0 unspecified atom stereocenters. The Balaban J connectivity index is 2.98. The lowest BCUT2D eigenvalue weighted by Crippen LogP contribution is -2.43. The summed E-state index contributed by atoms with van der Waals surface area (Å²) in [7, 11) is 1.95. The molecule has 0 radical (unpaired) electrons. The quantitative estimate of drug-likeness (QED) is 0.746. The van der Waals surface area contributed by atoms with Crippen LogP contribution in [0.25, 0.3) is 0 Å². The highest BCUT2D eigenvalue weighted by Gasteiger charge is 2.25. The molecule has 1 rings (SSSR count). The molecule has 0 aliphatic carbocycles. The Morgan fingerprint density at radius 1 is 1.39 bits per heavy atom. The van der Waals surface area contributed by atoms with E-state index in [1.54, 1.807) is 0 Å². The van der Waals surface area contributed by atoms with E-state index in [-0.39, 0.29) is 5.54 Å². The molecule has 0 amide bonds. The van der Waals surface area contributed by atoms with Gasteiger partial charge in [-0.1, -0.05) is 6.92 Å². The maximum Gasteiger partial charge on any atom is 0.229 e. The van der Waals surface area contributed by atoms with E-state index < -0.39 is 0 Å². The summed E-state index contributed by atoms with van der Waals surface area (Å²) in [6.07, 6.45) is 0.960. The van der Waals surface area contributed by atoms with Crippen LogP contribution in [0.3, 0.4) is 0 Å². The van der Waals surface area contributed by atoms with Crippen LogP contribution < -0.4 is 9.64 Å². The Morgan fingerprint density at radius 2 is 2.06 bits per heavy atom. The first kappa shape index (κ1) is 15.0. The lowest BCUT2D eigenvalue weighted by molar-refractivity contribution is 0.304. The van der Waals surface area contributed by atoms with Gasteiger partial charge in [-0.25, -0.2) is 4.98 Å². The molecule has 0 aliphatic heterocycles. The van der Waals surface area contributed by atoms with Gasteiger partial charge < -0.3 is 9.64 Å². The molecule has 102 valence electrons. The predicted octanol–water partition coefficient (Wildman–Crippen LogP) is 3.03. The summed E-state index contributed by atoms with van der Waals surface area (Å²) >= 11 is 5.97. The lowest BCUT2D eigenvalue weighted by atomic mass is 10.1. The van der Waals surface area contributed by atoms with Crippen molar-refractivity contribution >= 4 is 17.5 Å². The van der Waals surface area contributed by atoms with Gasteiger partial charge in [-0.05, 0) is 27.2 Å². The third-order valence-electron chi connectivity index (χ3n) is 2.81. The molecule has 0 saturated heterocycles. The van der Waals surface area contributed by atoms with Crippen LogP contribution in [0.2, 0.25) is 0 Å². The molecule has 0 fully saturated rings. The van der Waals surface area contributed by atoms with E-state index >= 15 is 0 Å². The molecule has 1 aromatic heterocycles. The highest BCUT2D eigenvalue weighted by Crippen LogP contribution is 2.22. The smallest absolute Gasteiger partial charge is 0.229 e. The van der Waals surface area contributed by atoms with Gasteiger partial charge in [0.1, 0.15) is 0 Å². The summed E-state index contributed by atoms with van der Waals surface area (Å²) in [6.45, 7) is 8.78. The van der Waals surface area contributed by atoms with Crippen molar-refractivity contribution in [2.75, 3.05) is 24.4 Å². The average molecular weight is 272 g/mol. The second kappa shape index (κ2) is 6.23. The van der Waals surface area contributed by atoms with Crippen molar-refractivity contribution in [1.29, 1.82) is 0 Å². The number of halogens is 1. The van der Waals surface area contributed by atoms with E-state index in [2.05, 4.69) is 30.7 Å². The predicted molar refractivity (Wildman–Crippen MR) is 75.8 cm³/mol. The van der Waals surface area contributed by atoms with Crippen LogP contribution in [0.1, 0.15) is 32.9 Å². The number of hydrogen-bond acceptors (Lipinski definition) is 4. The Morgan fingerprint density at radius 3 is 2.61 bits per heavy atom. The summed E-state index contributed by atoms with van der Waals surface area (Å²) in [5, 5.41) is 0. The molecule has 0 spiro atoms. The zero-order chi connectivity index (χ0) is 13.8. The summed E-state index contributed by atoms with van der Waals surface area (Å²) < 4.78 is 5.56. The highest BCUT2D eigenvalue weighted by atomic mass is 35.5. The first-order valence-corrected chi connectivity index (χ1v) is 6.72. The van der Waals surface area contributed by atoms with Crippen LogP contribution in [-0.2, 0) is 0 Å². The minimum Gasteiger partial charge on any atom is -0.478 e. The van der Waals surface area contributed by atoms with Gasteiger partial charge in [-0.3, -0.25) is 0 Å². The normalized spacial score (nSPS) is 11.4. The summed E-state index contributed by atoms with van der Waals surface area (Å²) in [5.41, 5.74) is 0.695. The van der Waals surface area contributed by atoms with Gasteiger partial charge in [0.05, 0.1) is 12.1 Å². The minimum absolute atomic E-state index is 0.197. The third-order valence-corrected chi connectivity index (χ3v) is 3.46. The largest absolute Gasteiger partial charge is 0.478 e. The number of hydrogen-bond donors (Lipinski definition) is 0. The number of aromatic nitrogens is 2. The fraction of sp³-hybridized carbons (Fsp3) is 0.692. The molecule has 18 heavy (non-hydrogen) atoms. The van der Waals surface area contributed by atoms with Crippen molar-refractivity contribution in [3.05, 3.63) is 11.8 Å². The van der Waals surface area contributed by atoms with Gasteiger partial charge in [0.15, 0.2) is 0 Å². The van der Waals surface area contributed by atoms with Crippen molar-refractivity contribution in [1.82, 2.24) is 9.97 Å². The van der Waals surface area contributed by atoms with Crippen LogP contribution in [0, 0.1) is 6.92 Å². The van der Waals surface area contributed by atoms with Gasteiger partial charge in [0.2, 0.25) is 11.8 Å². The fourth-order valence-electron chi connectivity index (χ4n) is 1.32. The Labute approximate surface area is 114 Å². The van der Waals surface area contributed by atoms with Crippen molar-refractivity contribution in [3.8, 4) is 5.88 Å². The van der Waals surface area contributed by atoms with E-state index in [1.165, 1.54) is 0 Å². The molecule has 0 atom stereocenters. The van der Waals surface area contributed by atoms with Crippen molar-refractivity contribution < 1.29 is 4.74 Å². The maximum atomic E-state index is 5.97. The van der Waals surface area contributed by atoms with Gasteiger partial charge in [-0.2, -0.15) is 4.98 Å². The molecule has 4 nitrogen and oxygen atoms in total. The Hall–Kier alpha value is -1.03. The van der Waals surface area contributed by atoms with E-state index in [4.69, 9.17) is 16.3 Å². The van der Waals surface area contributed by atoms with Gasteiger partial charge in [0, 0.05) is 24.7 Å². The van der Waals surface area contributed by atoms with Crippen LogP contribution in [0.5, 0.6) is 5.88 Å². The van der Waals surface area contributed by atoms with Gasteiger partial charge >= 0.3 is 0 Å². The number of anilines is 1. The van der Waals surface area contributed by atoms with Crippen molar-refractivity contribution in [3.63, 3.8) is 0 Å². The second-order valence-electron chi connectivity index (χ2n) is 5.00. The van der Waals surface area contributed by atoms with E-state index in [0.29, 0.717) is 24.3 Å². The standard InChI is InChI=1S/C13H22ClN3O/c1-6-7-18-11-8-10(2)15-12(16-11)17(5)13(3,4)9-14/h8H,6-7,9H2,1-5H3. The maximum absolute atomic E-state index is 5.97. The molecule has 0 aliphatic rings. The fourth-order valence-corrected chi connectivity index (χ4v) is 1.49. The number of aryl methyl sites for hydroxylation is 1. The van der Waals surface area contributed by atoms with E-state index in [1.807, 2.05) is 24.9 Å². The molecule has 5 heteroatoms. The van der Waals surface area contributed by atoms with Crippen LogP contribution in [-0.4, -0.2) is 35.0 Å². The first-order valence-electron chi connectivity index (χ1n) is 6.19. The number of rotatable bonds is 6. The van der Waals surface area contributed by atoms with Gasteiger partial charge in [-0.15, -0.1) is 11.6 Å². The monoisotopic (exact) mass is 271 g/mol. The van der Waals surface area contributed by atoms with E-state index in [0.717, 1.165) is 12.1 Å². The minimum atomic E-state index is -0.197. The van der Waals surface area contributed by atoms with Crippen LogP contribution in [0.15, 0.2) is 6.07 Å². The second-order valence-corrected chi connectivity index (χ2v) is 5.27. The summed E-state index contributed by atoms with van der Waals surface area (Å²) in [5.74, 6) is 1.77. The summed E-state index contributed by atoms with van der Waals surface area (Å²) in [6, 6.07) is 1.85. The average Bonchev–Trinajstić information content (AvgIpc) is 2.34. The van der Waals surface area contributed by atoms with Gasteiger partial charge in [0.25, 0.3) is 0 Å². The Kier molecular flexibility index (Phi) is 5.20. The molecule has 0 saturated carbocycles. The molecular formula is C13H22ClN3O. The molecule has 0 N–H and O–H groups in total. The Bertz CT molecular complexity index is 396. The van der Waals surface area contributed by atoms with Crippen molar-refractivity contribution in [2.24, 2.45) is 0 Å². The highest BCUT2D eigenvalue weighted by molar-refractivity contribution is 6.18. The zero-order valence-corrected chi connectivity index (χ0v) is 12.6. The van der Waals surface area contributed by atoms with E-state index in [9.17, 15) is 0 Å². The SMILES string of the molecule is CCCOc1cc(C)nc(N(C)C(C)(C)CCl)n1. The van der Waals surface area contributed by atoms with Crippen LogP contribution in [0.4, 0.5) is 5.95 Å². The molecule has 0 aromatic carbocycles. The van der Waals surface area contributed by atoms with Crippen LogP contribution >= 0.6 is 11.6 Å². The number of ether oxygens (including phenoxy) is 1. The molecular weight excluding hydrogens is 250 g/mol. The topological polar surface area (TPSA) is 38.2 Å². The molecule has 0 bridgehead atoms. The zero-order valence-electron chi connectivity index (χ0n) is 11.8.